The Hall–Kier alpha value is -1.22. The van der Waals surface area contributed by atoms with Crippen LogP contribution in [0.3, 0.4) is 0 Å². The molecule has 0 bridgehead atoms. The molecule has 3 nitrogen and oxygen atoms in total. The highest BCUT2D eigenvalue weighted by Gasteiger charge is 2.27. The van der Waals surface area contributed by atoms with Crippen LogP contribution in [0.2, 0.25) is 0 Å². The van der Waals surface area contributed by atoms with Gasteiger partial charge in [-0.3, -0.25) is 0 Å². The monoisotopic (exact) mass is 249 g/mol. The van der Waals surface area contributed by atoms with Gasteiger partial charge in [0.2, 0.25) is 0 Å². The number of rotatable bonds is 5. The molecule has 1 aromatic rings. The summed E-state index contributed by atoms with van der Waals surface area (Å²) in [5.41, 5.74) is 1.19. The van der Waals surface area contributed by atoms with Crippen LogP contribution in [-0.2, 0) is 0 Å². The van der Waals surface area contributed by atoms with Crippen LogP contribution in [0, 0.1) is 5.92 Å². The van der Waals surface area contributed by atoms with Crippen molar-refractivity contribution in [2.45, 2.75) is 38.8 Å². The largest absolute Gasteiger partial charge is 0.497 e. The number of benzene rings is 1. The van der Waals surface area contributed by atoms with Crippen molar-refractivity contribution in [1.82, 2.24) is 5.32 Å². The first kappa shape index (κ1) is 13.2. The average molecular weight is 249 g/mol. The molecule has 0 radical (unpaired) electrons. The molecule has 0 heterocycles. The highest BCUT2D eigenvalue weighted by atomic mass is 16.5. The van der Waals surface area contributed by atoms with Gasteiger partial charge in [-0.05, 0) is 31.7 Å². The maximum Gasteiger partial charge on any atom is 0.127 e. The Morgan fingerprint density at radius 2 is 1.94 bits per heavy atom. The minimum absolute atomic E-state index is 0.309. The molecule has 0 aliphatic heterocycles. The molecule has 0 spiro atoms. The maximum atomic E-state index is 5.44. The summed E-state index contributed by atoms with van der Waals surface area (Å²) >= 11 is 0. The Bertz CT molecular complexity index is 399. The van der Waals surface area contributed by atoms with Crippen LogP contribution in [0.25, 0.3) is 0 Å². The molecule has 18 heavy (non-hydrogen) atoms. The average Bonchev–Trinajstić information content (AvgIpc) is 2.36. The highest BCUT2D eigenvalue weighted by molar-refractivity contribution is 5.42. The number of hydrogen-bond acceptors (Lipinski definition) is 3. The van der Waals surface area contributed by atoms with Crippen molar-refractivity contribution in [3.05, 3.63) is 23.8 Å². The van der Waals surface area contributed by atoms with Crippen molar-refractivity contribution in [1.29, 1.82) is 0 Å². The van der Waals surface area contributed by atoms with E-state index in [2.05, 4.69) is 25.2 Å². The summed E-state index contributed by atoms with van der Waals surface area (Å²) in [5.74, 6) is 2.59. The highest BCUT2D eigenvalue weighted by Crippen LogP contribution is 2.32. The van der Waals surface area contributed by atoms with Crippen molar-refractivity contribution < 1.29 is 9.47 Å². The lowest BCUT2D eigenvalue weighted by Crippen LogP contribution is -2.41. The van der Waals surface area contributed by atoms with Crippen LogP contribution < -0.4 is 14.8 Å². The fraction of sp³-hybridized carbons (Fsp3) is 0.600. The molecule has 1 saturated carbocycles. The molecular weight excluding hydrogens is 226 g/mol. The molecule has 1 aliphatic rings. The number of nitrogens with one attached hydrogen (secondary N) is 1. The summed E-state index contributed by atoms with van der Waals surface area (Å²) in [6.45, 7) is 4.49. The first-order valence-corrected chi connectivity index (χ1v) is 6.62. The normalized spacial score (nSPS) is 24.2. The van der Waals surface area contributed by atoms with Crippen LogP contribution in [0.5, 0.6) is 11.5 Å². The Morgan fingerprint density at radius 3 is 2.50 bits per heavy atom. The lowest BCUT2D eigenvalue weighted by atomic mass is 9.81. The van der Waals surface area contributed by atoms with Crippen molar-refractivity contribution >= 4 is 0 Å². The van der Waals surface area contributed by atoms with Gasteiger partial charge in [-0.25, -0.2) is 0 Å². The van der Waals surface area contributed by atoms with Gasteiger partial charge in [0.15, 0.2) is 0 Å². The number of ether oxygens (including phenoxy) is 2. The Kier molecular flexibility index (Phi) is 4.12. The van der Waals surface area contributed by atoms with Gasteiger partial charge in [-0.1, -0.05) is 13.0 Å². The molecule has 1 aromatic carbocycles. The van der Waals surface area contributed by atoms with Gasteiger partial charge in [0.25, 0.3) is 0 Å². The minimum atomic E-state index is 0.309. The number of hydrogen-bond donors (Lipinski definition) is 1. The maximum absolute atomic E-state index is 5.44. The smallest absolute Gasteiger partial charge is 0.127 e. The van der Waals surface area contributed by atoms with E-state index in [-0.39, 0.29) is 0 Å². The zero-order chi connectivity index (χ0) is 13.1. The van der Waals surface area contributed by atoms with Crippen molar-refractivity contribution in [2.24, 2.45) is 5.92 Å². The Labute approximate surface area is 109 Å². The van der Waals surface area contributed by atoms with E-state index in [0.29, 0.717) is 12.1 Å². The molecule has 2 rings (SSSR count). The molecular formula is C15H23NO2. The Morgan fingerprint density at radius 1 is 1.22 bits per heavy atom. The first-order valence-electron chi connectivity index (χ1n) is 6.62. The van der Waals surface area contributed by atoms with E-state index >= 15 is 0 Å². The van der Waals surface area contributed by atoms with E-state index in [1.165, 1.54) is 18.4 Å². The van der Waals surface area contributed by atoms with Gasteiger partial charge in [-0.15, -0.1) is 0 Å². The fourth-order valence-electron chi connectivity index (χ4n) is 2.66. The summed E-state index contributed by atoms with van der Waals surface area (Å²) in [7, 11) is 3.38. The van der Waals surface area contributed by atoms with E-state index in [1.807, 2.05) is 12.1 Å². The predicted octanol–water partition coefficient (Wildman–Crippen LogP) is 3.15. The molecule has 1 N–H and O–H groups in total. The zero-order valence-electron chi connectivity index (χ0n) is 11.7. The molecule has 0 saturated heterocycles. The third-order valence-electron chi connectivity index (χ3n) is 3.77. The predicted molar refractivity (Wildman–Crippen MR) is 73.3 cm³/mol. The molecule has 0 amide bonds. The van der Waals surface area contributed by atoms with E-state index in [0.717, 1.165) is 17.4 Å². The number of methoxy groups -OCH3 is 2. The lowest BCUT2D eigenvalue weighted by Gasteiger charge is -2.36. The zero-order valence-corrected chi connectivity index (χ0v) is 11.7. The second kappa shape index (κ2) is 5.61. The third kappa shape index (κ3) is 2.78. The van der Waals surface area contributed by atoms with Crippen LogP contribution in [-0.4, -0.2) is 20.3 Å². The summed E-state index contributed by atoms with van der Waals surface area (Å²) < 4.78 is 10.7. The first-order chi connectivity index (χ1) is 8.63. The van der Waals surface area contributed by atoms with Crippen LogP contribution >= 0.6 is 0 Å². The standard InChI is InChI=1S/C15H23NO2/c1-10-7-12(8-10)16-11(2)14-6-5-13(17-3)9-15(14)18-4/h5-6,9-12,16H,7-8H2,1-4H3. The van der Waals surface area contributed by atoms with Gasteiger partial charge in [0.1, 0.15) is 11.5 Å². The molecule has 3 heteroatoms. The molecule has 1 unspecified atom stereocenters. The van der Waals surface area contributed by atoms with E-state index in [1.54, 1.807) is 14.2 Å². The molecule has 1 atom stereocenters. The topological polar surface area (TPSA) is 30.5 Å². The van der Waals surface area contributed by atoms with Gasteiger partial charge in [0.05, 0.1) is 14.2 Å². The van der Waals surface area contributed by atoms with Crippen molar-refractivity contribution in [3.63, 3.8) is 0 Å². The second-order valence-electron chi connectivity index (χ2n) is 5.27. The fourth-order valence-corrected chi connectivity index (χ4v) is 2.66. The summed E-state index contributed by atoms with van der Waals surface area (Å²) in [5, 5.41) is 3.65. The van der Waals surface area contributed by atoms with E-state index < -0.39 is 0 Å². The van der Waals surface area contributed by atoms with Crippen molar-refractivity contribution in [2.75, 3.05) is 14.2 Å². The van der Waals surface area contributed by atoms with Gasteiger partial charge in [0, 0.05) is 23.7 Å². The summed E-state index contributed by atoms with van der Waals surface area (Å²) in [6.07, 6.45) is 2.56. The van der Waals surface area contributed by atoms with Crippen LogP contribution in [0.1, 0.15) is 38.3 Å². The molecule has 1 fully saturated rings. The van der Waals surface area contributed by atoms with Gasteiger partial charge >= 0.3 is 0 Å². The summed E-state index contributed by atoms with van der Waals surface area (Å²) in [6, 6.07) is 6.97. The molecule has 0 aromatic heterocycles. The van der Waals surface area contributed by atoms with Gasteiger partial charge in [-0.2, -0.15) is 0 Å². The van der Waals surface area contributed by atoms with Crippen molar-refractivity contribution in [3.8, 4) is 11.5 Å². The van der Waals surface area contributed by atoms with E-state index in [9.17, 15) is 0 Å². The van der Waals surface area contributed by atoms with E-state index in [4.69, 9.17) is 9.47 Å². The molecule has 1 aliphatic carbocycles. The van der Waals surface area contributed by atoms with Crippen LogP contribution in [0.15, 0.2) is 18.2 Å². The quantitative estimate of drug-likeness (QED) is 0.869. The van der Waals surface area contributed by atoms with Crippen LogP contribution in [0.4, 0.5) is 0 Å². The lowest BCUT2D eigenvalue weighted by molar-refractivity contribution is 0.225. The minimum Gasteiger partial charge on any atom is -0.497 e. The summed E-state index contributed by atoms with van der Waals surface area (Å²) in [4.78, 5) is 0. The SMILES string of the molecule is COc1ccc(C(C)NC2CC(C)C2)c(OC)c1. The Balaban J connectivity index is 2.06. The molecule has 100 valence electrons. The van der Waals surface area contributed by atoms with Gasteiger partial charge < -0.3 is 14.8 Å². The third-order valence-corrected chi connectivity index (χ3v) is 3.77. The second-order valence-corrected chi connectivity index (χ2v) is 5.27.